The number of aromatic nitrogens is 1. The third-order valence-corrected chi connectivity index (χ3v) is 2.19. The van der Waals surface area contributed by atoms with Crippen LogP contribution in [0.4, 0.5) is 23.4 Å². The zero-order valence-electron chi connectivity index (χ0n) is 9.88. The van der Waals surface area contributed by atoms with E-state index in [1.165, 1.54) is 6.92 Å². The first kappa shape index (κ1) is 15.2. The van der Waals surface area contributed by atoms with Gasteiger partial charge in [0.25, 0.3) is 5.91 Å². The minimum Gasteiger partial charge on any atom is -0.349 e. The molecule has 0 saturated heterocycles. The summed E-state index contributed by atoms with van der Waals surface area (Å²) < 4.78 is 49.9. The number of nitrogens with zero attached hydrogens (tertiary/aromatic N) is 1. The monoisotopic (exact) mass is 280 g/mol. The van der Waals surface area contributed by atoms with Gasteiger partial charge in [-0.1, -0.05) is 0 Å². The van der Waals surface area contributed by atoms with Crippen LogP contribution in [0.2, 0.25) is 0 Å². The number of carbonyl (C=O) groups excluding carboxylic acids is 1. The van der Waals surface area contributed by atoms with Crippen molar-refractivity contribution in [3.63, 3.8) is 0 Å². The van der Waals surface area contributed by atoms with Crippen LogP contribution in [-0.2, 0) is 0 Å². The highest BCUT2D eigenvalue weighted by molar-refractivity contribution is 5.95. The molecule has 0 spiro atoms. The molecule has 0 fully saturated rings. The smallest absolute Gasteiger partial charge is 0.349 e. The molecule has 0 aliphatic rings. The van der Waals surface area contributed by atoms with Crippen molar-refractivity contribution in [3.8, 4) is 0 Å². The third kappa shape index (κ3) is 4.36. The molecule has 0 bridgehead atoms. The first-order valence-electron chi connectivity index (χ1n) is 5.23. The molecule has 0 saturated carbocycles. The van der Waals surface area contributed by atoms with Crippen molar-refractivity contribution in [1.82, 2.24) is 10.3 Å². The van der Waals surface area contributed by atoms with Crippen LogP contribution in [0, 0.1) is 5.82 Å². The first-order chi connectivity index (χ1) is 8.74. The second-order valence-electron chi connectivity index (χ2n) is 3.86. The van der Waals surface area contributed by atoms with Crippen LogP contribution >= 0.6 is 0 Å². The number of nitrogens with one attached hydrogen (secondary N) is 2. The Morgan fingerprint density at radius 1 is 1.53 bits per heavy atom. The standard InChI is InChI=1S/C10H12F4N4O/c1-5(4-10(12,13)14)17-9(19)6-2-3-16-8(18-15)7(6)11/h2-3,5H,4,15H2,1H3,(H,16,18)(H,17,19). The number of alkyl halides is 3. The summed E-state index contributed by atoms with van der Waals surface area (Å²) in [6.07, 6.45) is -4.50. The van der Waals surface area contributed by atoms with Gasteiger partial charge in [-0.15, -0.1) is 0 Å². The van der Waals surface area contributed by atoms with Crippen LogP contribution in [0.15, 0.2) is 12.3 Å². The van der Waals surface area contributed by atoms with Crippen LogP contribution in [0.25, 0.3) is 0 Å². The minimum absolute atomic E-state index is 0.365. The van der Waals surface area contributed by atoms with Gasteiger partial charge in [-0.3, -0.25) is 4.79 Å². The molecular formula is C10H12F4N4O. The van der Waals surface area contributed by atoms with E-state index in [2.05, 4.69) is 4.98 Å². The van der Waals surface area contributed by atoms with Crippen molar-refractivity contribution in [1.29, 1.82) is 0 Å². The van der Waals surface area contributed by atoms with Crippen molar-refractivity contribution < 1.29 is 22.4 Å². The zero-order valence-corrected chi connectivity index (χ0v) is 9.88. The molecule has 106 valence electrons. The Kier molecular flexibility index (Phi) is 4.65. The highest BCUT2D eigenvalue weighted by Gasteiger charge is 2.31. The van der Waals surface area contributed by atoms with E-state index in [4.69, 9.17) is 5.84 Å². The quantitative estimate of drug-likeness (QED) is 0.444. The van der Waals surface area contributed by atoms with Gasteiger partial charge in [0.1, 0.15) is 0 Å². The first-order valence-corrected chi connectivity index (χ1v) is 5.23. The molecule has 0 aliphatic carbocycles. The molecule has 19 heavy (non-hydrogen) atoms. The topological polar surface area (TPSA) is 80.0 Å². The van der Waals surface area contributed by atoms with E-state index in [1.807, 2.05) is 10.7 Å². The summed E-state index contributed by atoms with van der Waals surface area (Å²) in [7, 11) is 0. The molecule has 1 unspecified atom stereocenters. The molecule has 1 aromatic rings. The molecule has 1 rings (SSSR count). The van der Waals surface area contributed by atoms with E-state index in [0.29, 0.717) is 0 Å². The molecule has 0 aromatic carbocycles. The maximum absolute atomic E-state index is 13.6. The van der Waals surface area contributed by atoms with Gasteiger partial charge in [-0.2, -0.15) is 13.2 Å². The average molecular weight is 280 g/mol. The summed E-state index contributed by atoms with van der Waals surface area (Å²) in [5.74, 6) is 2.62. The summed E-state index contributed by atoms with van der Waals surface area (Å²) in [4.78, 5) is 15.1. The lowest BCUT2D eigenvalue weighted by atomic mass is 10.2. The number of rotatable bonds is 4. The average Bonchev–Trinajstić information content (AvgIpc) is 2.26. The highest BCUT2D eigenvalue weighted by Crippen LogP contribution is 2.21. The Bertz CT molecular complexity index is 463. The highest BCUT2D eigenvalue weighted by atomic mass is 19.4. The van der Waals surface area contributed by atoms with Crippen molar-refractivity contribution >= 4 is 11.7 Å². The number of halogens is 4. The lowest BCUT2D eigenvalue weighted by molar-refractivity contribution is -0.138. The minimum atomic E-state index is -4.41. The molecule has 9 heteroatoms. The van der Waals surface area contributed by atoms with Gasteiger partial charge < -0.3 is 10.7 Å². The Morgan fingerprint density at radius 3 is 2.68 bits per heavy atom. The van der Waals surface area contributed by atoms with Crippen LogP contribution in [0.3, 0.4) is 0 Å². The van der Waals surface area contributed by atoms with Crippen LogP contribution in [-0.4, -0.2) is 23.1 Å². The summed E-state index contributed by atoms with van der Waals surface area (Å²) >= 11 is 0. The molecule has 1 amide bonds. The number of pyridine rings is 1. The molecule has 1 aromatic heterocycles. The molecule has 0 radical (unpaired) electrons. The summed E-state index contributed by atoms with van der Waals surface area (Å²) in [6, 6.07) is -0.124. The van der Waals surface area contributed by atoms with E-state index >= 15 is 0 Å². The van der Waals surface area contributed by atoms with Crippen LogP contribution in [0.5, 0.6) is 0 Å². The van der Waals surface area contributed by atoms with Crippen LogP contribution in [0.1, 0.15) is 23.7 Å². The zero-order chi connectivity index (χ0) is 14.6. The fourth-order valence-corrected chi connectivity index (χ4v) is 1.42. The fraction of sp³-hybridized carbons (Fsp3) is 0.400. The normalized spacial score (nSPS) is 12.9. The number of hydrogen-bond donors (Lipinski definition) is 3. The Morgan fingerprint density at radius 2 is 2.16 bits per heavy atom. The van der Waals surface area contributed by atoms with Gasteiger partial charge in [0.2, 0.25) is 0 Å². The van der Waals surface area contributed by atoms with Crippen molar-refractivity contribution in [3.05, 3.63) is 23.6 Å². The number of anilines is 1. The number of hydrazine groups is 1. The maximum Gasteiger partial charge on any atom is 0.391 e. The number of hydrogen-bond acceptors (Lipinski definition) is 4. The van der Waals surface area contributed by atoms with Gasteiger partial charge in [-0.25, -0.2) is 15.2 Å². The second-order valence-corrected chi connectivity index (χ2v) is 3.86. The Balaban J connectivity index is 2.79. The fourth-order valence-electron chi connectivity index (χ4n) is 1.42. The largest absolute Gasteiger partial charge is 0.391 e. The number of carbonyl (C=O) groups is 1. The summed E-state index contributed by atoms with van der Waals surface area (Å²) in [6.45, 7) is 1.17. The molecule has 1 atom stereocenters. The lowest BCUT2D eigenvalue weighted by Gasteiger charge is -2.16. The molecule has 5 nitrogen and oxygen atoms in total. The van der Waals surface area contributed by atoms with Crippen molar-refractivity contribution in [2.45, 2.75) is 25.6 Å². The van der Waals surface area contributed by atoms with E-state index in [9.17, 15) is 22.4 Å². The molecule has 4 N–H and O–H groups in total. The predicted octanol–water partition coefficient (Wildman–Crippen LogP) is 1.58. The number of nitrogen functional groups attached to an aromatic ring is 1. The van der Waals surface area contributed by atoms with Gasteiger partial charge in [-0.05, 0) is 13.0 Å². The van der Waals surface area contributed by atoms with Gasteiger partial charge >= 0.3 is 6.18 Å². The predicted molar refractivity (Wildman–Crippen MR) is 59.6 cm³/mol. The Labute approximate surface area is 106 Å². The lowest BCUT2D eigenvalue weighted by Crippen LogP contribution is -2.36. The van der Waals surface area contributed by atoms with E-state index in [-0.39, 0.29) is 5.82 Å². The maximum atomic E-state index is 13.6. The van der Waals surface area contributed by atoms with Gasteiger partial charge in [0.15, 0.2) is 11.6 Å². The second kappa shape index (κ2) is 5.83. The SMILES string of the molecule is CC(CC(F)(F)F)NC(=O)c1ccnc(NN)c1F. The summed E-state index contributed by atoms with van der Waals surface area (Å²) in [5.41, 5.74) is 1.50. The molecule has 0 aliphatic heterocycles. The van der Waals surface area contributed by atoms with E-state index < -0.39 is 35.9 Å². The van der Waals surface area contributed by atoms with Gasteiger partial charge in [0.05, 0.1) is 12.0 Å². The Hall–Kier alpha value is -1.90. The van der Waals surface area contributed by atoms with E-state index in [0.717, 1.165) is 12.3 Å². The number of nitrogens with two attached hydrogens (primary N) is 1. The van der Waals surface area contributed by atoms with Crippen molar-refractivity contribution in [2.75, 3.05) is 5.43 Å². The molecule has 1 heterocycles. The third-order valence-electron chi connectivity index (χ3n) is 2.19. The molecular weight excluding hydrogens is 268 g/mol. The number of amides is 1. The van der Waals surface area contributed by atoms with Crippen molar-refractivity contribution in [2.24, 2.45) is 5.84 Å². The van der Waals surface area contributed by atoms with E-state index in [1.54, 1.807) is 0 Å². The van der Waals surface area contributed by atoms with Crippen LogP contribution < -0.4 is 16.6 Å². The van der Waals surface area contributed by atoms with Gasteiger partial charge in [0, 0.05) is 12.2 Å². The summed E-state index contributed by atoms with van der Waals surface area (Å²) in [5, 5.41) is 2.05.